The molecule has 0 bridgehead atoms. The highest BCUT2D eigenvalue weighted by Crippen LogP contribution is 2.12. The zero-order chi connectivity index (χ0) is 11.1. The zero-order valence-corrected chi connectivity index (χ0v) is 9.47. The van der Waals surface area contributed by atoms with Gasteiger partial charge in [-0.25, -0.2) is 0 Å². The Kier molecular flexibility index (Phi) is 4.59. The molecule has 2 heteroatoms. The molecule has 0 amide bonds. The van der Waals surface area contributed by atoms with Crippen LogP contribution in [0.15, 0.2) is 42.5 Å². The van der Waals surface area contributed by atoms with Crippen LogP contribution >= 0.6 is 0 Å². The average molecular weight is 218 g/mol. The van der Waals surface area contributed by atoms with Crippen LogP contribution in [0.25, 0.3) is 0 Å². The van der Waals surface area contributed by atoms with Gasteiger partial charge >= 0.3 is 0 Å². The number of hydrogen-bond acceptors (Lipinski definition) is 2. The number of rotatable bonds is 6. The van der Waals surface area contributed by atoms with Crippen LogP contribution in [0.1, 0.15) is 18.4 Å². The Morgan fingerprint density at radius 2 is 2.00 bits per heavy atom. The quantitative estimate of drug-likeness (QED) is 0.540. The first-order valence-corrected chi connectivity index (χ1v) is 5.85. The molecule has 0 saturated carbocycles. The van der Waals surface area contributed by atoms with Crippen LogP contribution in [-0.2, 0) is 16.1 Å². The first kappa shape index (κ1) is 11.4. The van der Waals surface area contributed by atoms with E-state index >= 15 is 0 Å². The van der Waals surface area contributed by atoms with Crippen LogP contribution in [0.4, 0.5) is 0 Å². The van der Waals surface area contributed by atoms with Crippen LogP contribution in [0.3, 0.4) is 0 Å². The number of allylic oxidation sites excluding steroid dienone is 1. The van der Waals surface area contributed by atoms with Crippen LogP contribution in [0.2, 0.25) is 0 Å². The summed E-state index contributed by atoms with van der Waals surface area (Å²) in [4.78, 5) is 0. The van der Waals surface area contributed by atoms with Crippen molar-refractivity contribution in [3.8, 4) is 0 Å². The lowest BCUT2D eigenvalue weighted by molar-refractivity contribution is 0.0179. The Morgan fingerprint density at radius 1 is 1.12 bits per heavy atom. The Morgan fingerprint density at radius 3 is 2.75 bits per heavy atom. The van der Waals surface area contributed by atoms with Crippen molar-refractivity contribution >= 4 is 0 Å². The molecule has 0 spiro atoms. The summed E-state index contributed by atoms with van der Waals surface area (Å²) in [5, 5.41) is 0. The third-order valence-electron chi connectivity index (χ3n) is 2.64. The molecule has 0 fully saturated rings. The maximum Gasteiger partial charge on any atom is 0.0759 e. The van der Waals surface area contributed by atoms with Gasteiger partial charge in [-0.3, -0.25) is 0 Å². The van der Waals surface area contributed by atoms with E-state index in [0.29, 0.717) is 25.9 Å². The number of hydrogen-bond donors (Lipinski definition) is 0. The van der Waals surface area contributed by atoms with Gasteiger partial charge in [0.1, 0.15) is 0 Å². The topological polar surface area (TPSA) is 18.5 Å². The van der Waals surface area contributed by atoms with E-state index in [1.165, 1.54) is 5.56 Å². The monoisotopic (exact) mass is 218 g/mol. The normalized spacial score (nSPS) is 19.1. The minimum atomic E-state index is 0.320. The van der Waals surface area contributed by atoms with E-state index < -0.39 is 0 Å². The molecule has 2 nitrogen and oxygen atoms in total. The molecular weight excluding hydrogens is 200 g/mol. The van der Waals surface area contributed by atoms with Gasteiger partial charge < -0.3 is 9.47 Å². The maximum atomic E-state index is 5.63. The van der Waals surface area contributed by atoms with Crippen LogP contribution < -0.4 is 0 Å². The van der Waals surface area contributed by atoms with Crippen LogP contribution in [0, 0.1) is 0 Å². The number of ether oxygens (including phenoxy) is 2. The predicted molar refractivity (Wildman–Crippen MR) is 64.2 cm³/mol. The van der Waals surface area contributed by atoms with Gasteiger partial charge in [0.2, 0.25) is 0 Å². The summed E-state index contributed by atoms with van der Waals surface area (Å²) in [7, 11) is 0. The van der Waals surface area contributed by atoms with Crippen molar-refractivity contribution in [1.82, 2.24) is 0 Å². The van der Waals surface area contributed by atoms with Crippen molar-refractivity contribution in [2.75, 3.05) is 13.2 Å². The highest BCUT2D eigenvalue weighted by atomic mass is 16.5. The largest absolute Gasteiger partial charge is 0.374 e. The predicted octanol–water partition coefficient (Wildman–Crippen LogP) is 2.94. The van der Waals surface area contributed by atoms with Crippen molar-refractivity contribution in [3.05, 3.63) is 48.0 Å². The minimum Gasteiger partial charge on any atom is -0.374 e. The SMILES string of the molecule is C1=CC(OCCOCc2ccccc2)CC1. The van der Waals surface area contributed by atoms with Crippen LogP contribution in [0.5, 0.6) is 0 Å². The summed E-state index contributed by atoms with van der Waals surface area (Å²) >= 11 is 0. The molecule has 0 N–H and O–H groups in total. The molecule has 0 aromatic heterocycles. The number of benzene rings is 1. The maximum absolute atomic E-state index is 5.63. The second-order valence-corrected chi connectivity index (χ2v) is 3.95. The van der Waals surface area contributed by atoms with Crippen LogP contribution in [-0.4, -0.2) is 19.3 Å². The van der Waals surface area contributed by atoms with Gasteiger partial charge in [-0.05, 0) is 18.4 Å². The van der Waals surface area contributed by atoms with Gasteiger partial charge in [0, 0.05) is 0 Å². The van der Waals surface area contributed by atoms with Crippen molar-refractivity contribution < 1.29 is 9.47 Å². The lowest BCUT2D eigenvalue weighted by Gasteiger charge is -2.10. The highest BCUT2D eigenvalue weighted by Gasteiger charge is 2.08. The highest BCUT2D eigenvalue weighted by molar-refractivity contribution is 5.13. The van der Waals surface area contributed by atoms with Gasteiger partial charge in [-0.15, -0.1) is 0 Å². The molecule has 1 aliphatic carbocycles. The summed E-state index contributed by atoms with van der Waals surface area (Å²) in [6.45, 7) is 2.02. The lowest BCUT2D eigenvalue weighted by Crippen LogP contribution is -2.11. The standard InChI is InChI=1S/C14H18O2/c1-2-6-13(7-3-1)12-15-10-11-16-14-8-4-5-9-14/h1-4,6-8,14H,5,9-12H2. The Labute approximate surface area is 96.9 Å². The third-order valence-corrected chi connectivity index (χ3v) is 2.64. The van der Waals surface area contributed by atoms with E-state index in [1.807, 2.05) is 18.2 Å². The Hall–Kier alpha value is -1.12. The van der Waals surface area contributed by atoms with Gasteiger partial charge in [-0.2, -0.15) is 0 Å². The van der Waals surface area contributed by atoms with E-state index in [1.54, 1.807) is 0 Å². The summed E-state index contributed by atoms with van der Waals surface area (Å²) < 4.78 is 11.2. The summed E-state index contributed by atoms with van der Waals surface area (Å²) in [5.74, 6) is 0. The fourth-order valence-corrected chi connectivity index (χ4v) is 1.77. The molecule has 0 saturated heterocycles. The summed E-state index contributed by atoms with van der Waals surface area (Å²) in [6, 6.07) is 10.2. The second kappa shape index (κ2) is 6.46. The van der Waals surface area contributed by atoms with Crippen molar-refractivity contribution in [1.29, 1.82) is 0 Å². The van der Waals surface area contributed by atoms with Gasteiger partial charge in [-0.1, -0.05) is 42.5 Å². The lowest BCUT2D eigenvalue weighted by atomic mass is 10.2. The Bertz CT molecular complexity index is 319. The summed E-state index contributed by atoms with van der Waals surface area (Å²) in [6.07, 6.45) is 6.90. The first-order chi connectivity index (χ1) is 7.95. The molecule has 16 heavy (non-hydrogen) atoms. The molecule has 0 radical (unpaired) electrons. The van der Waals surface area contributed by atoms with Gasteiger partial charge in [0.05, 0.1) is 25.9 Å². The van der Waals surface area contributed by atoms with E-state index in [9.17, 15) is 0 Å². The molecule has 1 aliphatic rings. The van der Waals surface area contributed by atoms with E-state index in [2.05, 4.69) is 24.3 Å². The fraction of sp³-hybridized carbons (Fsp3) is 0.429. The molecule has 1 aromatic carbocycles. The average Bonchev–Trinajstić information content (AvgIpc) is 2.83. The molecule has 0 aliphatic heterocycles. The van der Waals surface area contributed by atoms with Gasteiger partial charge in [0.25, 0.3) is 0 Å². The van der Waals surface area contributed by atoms with Gasteiger partial charge in [0.15, 0.2) is 0 Å². The second-order valence-electron chi connectivity index (χ2n) is 3.95. The molecule has 1 atom stereocenters. The van der Waals surface area contributed by atoms with E-state index in [0.717, 1.165) is 12.8 Å². The van der Waals surface area contributed by atoms with Crippen molar-refractivity contribution in [2.45, 2.75) is 25.6 Å². The smallest absolute Gasteiger partial charge is 0.0759 e. The summed E-state index contributed by atoms with van der Waals surface area (Å²) in [5.41, 5.74) is 1.21. The molecule has 1 unspecified atom stereocenters. The molecule has 0 heterocycles. The first-order valence-electron chi connectivity index (χ1n) is 5.85. The fourth-order valence-electron chi connectivity index (χ4n) is 1.77. The molecule has 1 aromatic rings. The minimum absolute atomic E-state index is 0.320. The molecule has 2 rings (SSSR count). The zero-order valence-electron chi connectivity index (χ0n) is 9.47. The van der Waals surface area contributed by atoms with Crippen molar-refractivity contribution in [2.24, 2.45) is 0 Å². The van der Waals surface area contributed by atoms with E-state index in [4.69, 9.17) is 9.47 Å². The molecular formula is C14H18O2. The third kappa shape index (κ3) is 3.80. The molecule has 86 valence electrons. The Balaban J connectivity index is 1.53. The van der Waals surface area contributed by atoms with E-state index in [-0.39, 0.29) is 0 Å². The van der Waals surface area contributed by atoms with Crippen molar-refractivity contribution in [3.63, 3.8) is 0 Å².